The van der Waals surface area contributed by atoms with Gasteiger partial charge in [-0.05, 0) is 17.7 Å². The minimum atomic E-state index is -0.436. The predicted molar refractivity (Wildman–Crippen MR) is 84.6 cm³/mol. The molecule has 0 radical (unpaired) electrons. The Balaban J connectivity index is 2.16. The highest BCUT2D eigenvalue weighted by Gasteiger charge is 2.28. The number of rotatable bonds is 5. The van der Waals surface area contributed by atoms with Gasteiger partial charge in [-0.15, -0.1) is 0 Å². The number of carbonyl (C=O) groups is 1. The average molecular weight is 312 g/mol. The Morgan fingerprint density at radius 3 is 2.95 bits per heavy atom. The third-order valence-corrected chi connectivity index (χ3v) is 3.88. The maximum atomic E-state index is 11.5. The summed E-state index contributed by atoms with van der Waals surface area (Å²) in [6.45, 7) is 6.44. The summed E-state index contributed by atoms with van der Waals surface area (Å²) in [4.78, 5) is 13.5. The number of hydrogen-bond acceptors (Lipinski definition) is 4. The molecule has 1 atom stereocenters. The molecule has 0 saturated carbocycles. The van der Waals surface area contributed by atoms with E-state index in [0.717, 1.165) is 17.8 Å². The molecule has 116 valence electrons. The van der Waals surface area contributed by atoms with E-state index in [0.29, 0.717) is 30.8 Å². The van der Waals surface area contributed by atoms with Gasteiger partial charge in [-0.2, -0.15) is 0 Å². The molecule has 6 heteroatoms. The molecule has 21 heavy (non-hydrogen) atoms. The molecule has 0 bridgehead atoms. The minimum Gasteiger partial charge on any atom is -0.377 e. The number of ether oxygens (including phenoxy) is 1. The lowest BCUT2D eigenvalue weighted by molar-refractivity contribution is -0.121. The molecule has 1 amide bonds. The Morgan fingerprint density at radius 1 is 1.57 bits per heavy atom. The molecule has 0 spiro atoms. The van der Waals surface area contributed by atoms with Gasteiger partial charge < -0.3 is 20.7 Å². The second-order valence-corrected chi connectivity index (χ2v) is 5.90. The van der Waals surface area contributed by atoms with Crippen molar-refractivity contribution < 1.29 is 9.53 Å². The number of benzene rings is 1. The van der Waals surface area contributed by atoms with Crippen molar-refractivity contribution in [2.45, 2.75) is 32.5 Å². The van der Waals surface area contributed by atoms with E-state index >= 15 is 0 Å². The van der Waals surface area contributed by atoms with Crippen molar-refractivity contribution in [3.05, 3.63) is 28.8 Å². The van der Waals surface area contributed by atoms with E-state index in [2.05, 4.69) is 19.2 Å². The third-order valence-electron chi connectivity index (χ3n) is 3.53. The first kappa shape index (κ1) is 16.1. The van der Waals surface area contributed by atoms with Gasteiger partial charge in [0.15, 0.2) is 0 Å². The first-order chi connectivity index (χ1) is 9.99. The van der Waals surface area contributed by atoms with E-state index in [1.165, 1.54) is 0 Å². The van der Waals surface area contributed by atoms with Crippen LogP contribution in [0, 0.1) is 0 Å². The quantitative estimate of drug-likeness (QED) is 0.865. The number of hydrogen-bond donors (Lipinski definition) is 2. The van der Waals surface area contributed by atoms with Crippen LogP contribution in [0.3, 0.4) is 0 Å². The zero-order valence-electron chi connectivity index (χ0n) is 12.4. The van der Waals surface area contributed by atoms with Crippen molar-refractivity contribution in [1.82, 2.24) is 5.32 Å². The van der Waals surface area contributed by atoms with E-state index in [9.17, 15) is 4.79 Å². The molecule has 1 aromatic rings. The molecule has 3 N–H and O–H groups in total. The lowest BCUT2D eigenvalue weighted by Crippen LogP contribution is -2.52. The topological polar surface area (TPSA) is 67.6 Å². The van der Waals surface area contributed by atoms with Gasteiger partial charge in [0.1, 0.15) is 6.04 Å². The first-order valence-electron chi connectivity index (χ1n) is 7.14. The number of amides is 1. The monoisotopic (exact) mass is 311 g/mol. The van der Waals surface area contributed by atoms with E-state index in [1.807, 2.05) is 23.1 Å². The molecule has 5 nitrogen and oxygen atoms in total. The fourth-order valence-corrected chi connectivity index (χ4v) is 2.56. The van der Waals surface area contributed by atoms with Gasteiger partial charge in [0.05, 0.1) is 13.2 Å². The molecule has 1 aliphatic heterocycles. The Morgan fingerprint density at radius 2 is 2.33 bits per heavy atom. The van der Waals surface area contributed by atoms with Crippen molar-refractivity contribution >= 4 is 23.2 Å². The van der Waals surface area contributed by atoms with Crippen LogP contribution in [0.15, 0.2) is 18.2 Å². The second kappa shape index (κ2) is 7.11. The van der Waals surface area contributed by atoms with Crippen LogP contribution in [0.25, 0.3) is 0 Å². The summed E-state index contributed by atoms with van der Waals surface area (Å²) in [5.74, 6) is -0.378. The predicted octanol–water partition coefficient (Wildman–Crippen LogP) is 1.53. The molecule has 1 unspecified atom stereocenters. The van der Waals surface area contributed by atoms with Gasteiger partial charge in [0.2, 0.25) is 5.91 Å². The normalized spacial score (nSPS) is 19.0. The highest BCUT2D eigenvalue weighted by Crippen LogP contribution is 2.26. The van der Waals surface area contributed by atoms with E-state index in [4.69, 9.17) is 22.1 Å². The maximum Gasteiger partial charge on any atom is 0.242 e. The van der Waals surface area contributed by atoms with Gasteiger partial charge >= 0.3 is 0 Å². The van der Waals surface area contributed by atoms with Crippen molar-refractivity contribution in [3.63, 3.8) is 0 Å². The van der Waals surface area contributed by atoms with E-state index < -0.39 is 6.04 Å². The van der Waals surface area contributed by atoms with Gasteiger partial charge in [-0.25, -0.2) is 0 Å². The number of carbonyl (C=O) groups excluding carboxylic acids is 1. The highest BCUT2D eigenvalue weighted by molar-refractivity contribution is 6.31. The van der Waals surface area contributed by atoms with E-state index in [1.54, 1.807) is 0 Å². The summed E-state index contributed by atoms with van der Waals surface area (Å²) in [6.07, 6.45) is 0. The Kier molecular flexibility index (Phi) is 5.45. The highest BCUT2D eigenvalue weighted by atomic mass is 35.5. The zero-order valence-corrected chi connectivity index (χ0v) is 13.2. The molecular formula is C15H22ClN3O2. The van der Waals surface area contributed by atoms with Crippen molar-refractivity contribution in [3.8, 4) is 0 Å². The van der Waals surface area contributed by atoms with Crippen LogP contribution in [0.2, 0.25) is 5.02 Å². The summed E-state index contributed by atoms with van der Waals surface area (Å²) in [7, 11) is 0. The van der Waals surface area contributed by atoms with Crippen LogP contribution in [0.1, 0.15) is 19.4 Å². The zero-order chi connectivity index (χ0) is 15.4. The smallest absolute Gasteiger partial charge is 0.242 e. The Bertz CT molecular complexity index is 508. The van der Waals surface area contributed by atoms with Crippen LogP contribution in [0.4, 0.5) is 5.69 Å². The summed E-state index contributed by atoms with van der Waals surface area (Å²) in [6, 6.07) is 5.82. The first-order valence-corrected chi connectivity index (χ1v) is 7.52. The number of halogens is 1. The standard InChI is InChI=1S/C15H22ClN3O2/c1-10(2)18-8-11-3-4-12(7-13(11)16)19-5-6-21-9-14(19)15(17)20/h3-4,7,10,14,18H,5-6,8-9H2,1-2H3,(H2,17,20). The molecular weight excluding hydrogens is 290 g/mol. The summed E-state index contributed by atoms with van der Waals surface area (Å²) >= 11 is 6.35. The van der Waals surface area contributed by atoms with Crippen molar-refractivity contribution in [2.24, 2.45) is 5.73 Å². The van der Waals surface area contributed by atoms with Crippen molar-refractivity contribution in [2.75, 3.05) is 24.7 Å². The van der Waals surface area contributed by atoms with Crippen LogP contribution < -0.4 is 16.0 Å². The molecule has 2 rings (SSSR count). The number of nitrogens with one attached hydrogen (secondary N) is 1. The molecule has 1 fully saturated rings. The fourth-order valence-electron chi connectivity index (χ4n) is 2.32. The van der Waals surface area contributed by atoms with Gasteiger partial charge in [-0.3, -0.25) is 4.79 Å². The largest absolute Gasteiger partial charge is 0.377 e. The van der Waals surface area contributed by atoms with Crippen LogP contribution in [-0.4, -0.2) is 37.7 Å². The van der Waals surface area contributed by atoms with Crippen LogP contribution in [0.5, 0.6) is 0 Å². The lowest BCUT2D eigenvalue weighted by atomic mass is 10.1. The minimum absolute atomic E-state index is 0.323. The summed E-state index contributed by atoms with van der Waals surface area (Å²) in [5.41, 5.74) is 7.38. The number of primary amides is 1. The molecule has 0 aliphatic carbocycles. The van der Waals surface area contributed by atoms with Gasteiger partial charge in [-0.1, -0.05) is 31.5 Å². The number of anilines is 1. The number of morpholine rings is 1. The van der Waals surface area contributed by atoms with Crippen molar-refractivity contribution in [1.29, 1.82) is 0 Å². The summed E-state index contributed by atoms with van der Waals surface area (Å²) in [5, 5.41) is 4.03. The molecule has 1 aromatic carbocycles. The maximum absolute atomic E-state index is 11.5. The number of nitrogens with two attached hydrogens (primary N) is 1. The summed E-state index contributed by atoms with van der Waals surface area (Å²) < 4.78 is 5.33. The van der Waals surface area contributed by atoms with Crippen LogP contribution in [-0.2, 0) is 16.1 Å². The van der Waals surface area contributed by atoms with Gasteiger partial charge in [0.25, 0.3) is 0 Å². The van der Waals surface area contributed by atoms with Gasteiger partial charge in [0, 0.05) is 29.8 Å². The molecule has 1 saturated heterocycles. The molecule has 1 aliphatic rings. The molecule has 1 heterocycles. The molecule has 0 aromatic heterocycles. The SMILES string of the molecule is CC(C)NCc1ccc(N2CCOCC2C(N)=O)cc1Cl. The Hall–Kier alpha value is -1.30. The Labute approximate surface area is 130 Å². The fraction of sp³-hybridized carbons (Fsp3) is 0.533. The van der Waals surface area contributed by atoms with Crippen LogP contribution >= 0.6 is 11.6 Å². The third kappa shape index (κ3) is 4.09. The second-order valence-electron chi connectivity index (χ2n) is 5.50. The number of nitrogens with zero attached hydrogens (tertiary/aromatic N) is 1. The average Bonchev–Trinajstić information content (AvgIpc) is 2.45. The lowest BCUT2D eigenvalue weighted by Gasteiger charge is -2.35. The van der Waals surface area contributed by atoms with E-state index in [-0.39, 0.29) is 5.91 Å².